The molecule has 0 saturated heterocycles. The maximum absolute atomic E-state index is 13.7. The molecule has 1 aliphatic heterocycles. The molecule has 2 nitrogen and oxygen atoms in total. The first-order valence-electron chi connectivity index (χ1n) is 6.75. The van der Waals surface area contributed by atoms with Gasteiger partial charge in [-0.25, -0.2) is 9.37 Å². The van der Waals surface area contributed by atoms with E-state index in [1.165, 1.54) is 6.07 Å². The summed E-state index contributed by atoms with van der Waals surface area (Å²) >= 11 is 9.60. The molecule has 0 spiro atoms. The van der Waals surface area contributed by atoms with Crippen LogP contribution in [0.5, 0.6) is 0 Å². The Kier molecular flexibility index (Phi) is 3.05. The highest BCUT2D eigenvalue weighted by Crippen LogP contribution is 2.39. The summed E-state index contributed by atoms with van der Waals surface area (Å²) < 4.78 is 16.3. The Bertz CT molecular complexity index is 859. The van der Waals surface area contributed by atoms with E-state index in [-0.39, 0.29) is 11.9 Å². The highest BCUT2D eigenvalue weighted by Gasteiger charge is 2.28. The van der Waals surface area contributed by atoms with Crippen LogP contribution in [-0.4, -0.2) is 9.55 Å². The van der Waals surface area contributed by atoms with Crippen LogP contribution in [0.1, 0.15) is 23.9 Å². The van der Waals surface area contributed by atoms with Gasteiger partial charge in [-0.3, -0.25) is 0 Å². The molecule has 4 rings (SSSR count). The van der Waals surface area contributed by atoms with Crippen LogP contribution in [0.15, 0.2) is 40.9 Å². The molecule has 0 radical (unpaired) electrons. The molecule has 2 heterocycles. The molecule has 0 fully saturated rings. The van der Waals surface area contributed by atoms with E-state index in [1.807, 2.05) is 24.3 Å². The Morgan fingerprint density at radius 3 is 2.90 bits per heavy atom. The fourth-order valence-electron chi connectivity index (χ4n) is 3.10. The molecule has 0 bridgehead atoms. The predicted octanol–water partition coefficient (Wildman–Crippen LogP) is 5.13. The average Bonchev–Trinajstić information content (AvgIpc) is 3.00. The molecule has 0 aliphatic carbocycles. The summed E-state index contributed by atoms with van der Waals surface area (Å²) in [6.07, 6.45) is 1.85. The van der Waals surface area contributed by atoms with Crippen LogP contribution >= 0.6 is 27.5 Å². The summed E-state index contributed by atoms with van der Waals surface area (Å²) in [5, 5.41) is 0.762. The molecule has 1 unspecified atom stereocenters. The summed E-state index contributed by atoms with van der Waals surface area (Å²) in [6, 6.07) is 11.3. The van der Waals surface area contributed by atoms with E-state index in [4.69, 9.17) is 11.6 Å². The largest absolute Gasteiger partial charge is 0.320 e. The van der Waals surface area contributed by atoms with Crippen LogP contribution in [0.3, 0.4) is 0 Å². The highest BCUT2D eigenvalue weighted by atomic mass is 79.9. The van der Waals surface area contributed by atoms with Gasteiger partial charge in [-0.2, -0.15) is 0 Å². The Morgan fingerprint density at radius 1 is 1.29 bits per heavy atom. The summed E-state index contributed by atoms with van der Waals surface area (Å²) in [6.45, 7) is 0. The SMILES string of the molecule is Fc1cc2nc3n(c2cc1Br)C(c1ccccc1Cl)CC3. The second-order valence-electron chi connectivity index (χ2n) is 5.23. The Morgan fingerprint density at radius 2 is 2.10 bits per heavy atom. The number of halogens is 3. The molecular weight excluding hydrogens is 355 g/mol. The van der Waals surface area contributed by atoms with Crippen molar-refractivity contribution in [3.63, 3.8) is 0 Å². The maximum atomic E-state index is 13.7. The smallest absolute Gasteiger partial charge is 0.139 e. The summed E-state index contributed by atoms with van der Waals surface area (Å²) in [5.74, 6) is 0.709. The van der Waals surface area contributed by atoms with E-state index in [0.717, 1.165) is 34.8 Å². The van der Waals surface area contributed by atoms with Crippen molar-refractivity contribution in [3.8, 4) is 0 Å². The standard InChI is InChI=1S/C16H11BrClFN2/c17-10-7-15-13(8-12(10)19)20-16-6-5-14(21(15)16)9-3-1-2-4-11(9)18/h1-4,7-8,14H,5-6H2. The van der Waals surface area contributed by atoms with Gasteiger partial charge < -0.3 is 4.57 Å². The van der Waals surface area contributed by atoms with E-state index in [1.54, 1.807) is 6.07 Å². The van der Waals surface area contributed by atoms with Crippen LogP contribution in [-0.2, 0) is 6.42 Å². The lowest BCUT2D eigenvalue weighted by Gasteiger charge is -2.16. The number of imidazole rings is 1. The molecule has 1 aliphatic rings. The first-order chi connectivity index (χ1) is 10.1. The predicted molar refractivity (Wildman–Crippen MR) is 85.3 cm³/mol. The fraction of sp³-hybridized carbons (Fsp3) is 0.188. The molecule has 2 aromatic carbocycles. The van der Waals surface area contributed by atoms with E-state index < -0.39 is 0 Å². The number of rotatable bonds is 1. The summed E-state index contributed by atoms with van der Waals surface area (Å²) in [4.78, 5) is 4.56. The molecule has 3 aromatic rings. The van der Waals surface area contributed by atoms with Crippen LogP contribution < -0.4 is 0 Å². The Balaban J connectivity index is 1.95. The zero-order valence-electron chi connectivity index (χ0n) is 11.0. The van der Waals surface area contributed by atoms with Gasteiger partial charge in [0.05, 0.1) is 21.5 Å². The topological polar surface area (TPSA) is 17.8 Å². The number of hydrogen-bond donors (Lipinski definition) is 0. The quantitative estimate of drug-likeness (QED) is 0.585. The molecule has 5 heteroatoms. The molecule has 0 N–H and O–H groups in total. The van der Waals surface area contributed by atoms with Gasteiger partial charge in [-0.05, 0) is 40.0 Å². The van der Waals surface area contributed by atoms with Crippen molar-refractivity contribution < 1.29 is 4.39 Å². The lowest BCUT2D eigenvalue weighted by atomic mass is 10.0. The van der Waals surface area contributed by atoms with Crippen LogP contribution in [0.2, 0.25) is 5.02 Å². The Hall–Kier alpha value is -1.39. The average molecular weight is 366 g/mol. The van der Waals surface area contributed by atoms with Crippen molar-refractivity contribution >= 4 is 38.6 Å². The summed E-state index contributed by atoms with van der Waals surface area (Å²) in [7, 11) is 0. The molecule has 0 saturated carbocycles. The number of fused-ring (bicyclic) bond motifs is 3. The molecule has 21 heavy (non-hydrogen) atoms. The van der Waals surface area contributed by atoms with Gasteiger partial charge in [-0.1, -0.05) is 29.8 Å². The minimum Gasteiger partial charge on any atom is -0.320 e. The number of hydrogen-bond acceptors (Lipinski definition) is 1. The van der Waals surface area contributed by atoms with Crippen LogP contribution in [0.4, 0.5) is 4.39 Å². The normalized spacial score (nSPS) is 17.4. The number of aryl methyl sites for hydroxylation is 1. The Labute approximate surface area is 134 Å². The van der Waals surface area contributed by atoms with Gasteiger partial charge in [0.15, 0.2) is 0 Å². The zero-order chi connectivity index (χ0) is 14.6. The van der Waals surface area contributed by atoms with E-state index in [0.29, 0.717) is 9.99 Å². The van der Waals surface area contributed by atoms with Crippen molar-refractivity contribution in [2.45, 2.75) is 18.9 Å². The second-order valence-corrected chi connectivity index (χ2v) is 6.49. The summed E-state index contributed by atoms with van der Waals surface area (Å²) in [5.41, 5.74) is 2.74. The first-order valence-corrected chi connectivity index (χ1v) is 7.92. The van der Waals surface area contributed by atoms with Crippen molar-refractivity contribution in [1.29, 1.82) is 0 Å². The minimum absolute atomic E-state index is 0.163. The number of benzene rings is 2. The van der Waals surface area contributed by atoms with Gasteiger partial charge in [0.1, 0.15) is 11.6 Å². The van der Waals surface area contributed by atoms with Gasteiger partial charge in [0.25, 0.3) is 0 Å². The first kappa shape index (κ1) is 13.3. The van der Waals surface area contributed by atoms with Gasteiger partial charge in [0.2, 0.25) is 0 Å². The third kappa shape index (κ3) is 2.00. The van der Waals surface area contributed by atoms with Crippen LogP contribution in [0.25, 0.3) is 11.0 Å². The van der Waals surface area contributed by atoms with Gasteiger partial charge >= 0.3 is 0 Å². The maximum Gasteiger partial charge on any atom is 0.139 e. The van der Waals surface area contributed by atoms with Gasteiger partial charge in [0, 0.05) is 17.5 Å². The van der Waals surface area contributed by atoms with E-state index >= 15 is 0 Å². The van der Waals surface area contributed by atoms with Crippen molar-refractivity contribution in [2.75, 3.05) is 0 Å². The van der Waals surface area contributed by atoms with Crippen molar-refractivity contribution in [1.82, 2.24) is 9.55 Å². The third-order valence-corrected chi connectivity index (χ3v) is 4.97. The molecule has 1 atom stereocenters. The molecule has 0 amide bonds. The number of aromatic nitrogens is 2. The third-order valence-electron chi connectivity index (χ3n) is 4.02. The van der Waals surface area contributed by atoms with Gasteiger partial charge in [-0.15, -0.1) is 0 Å². The minimum atomic E-state index is -0.284. The van der Waals surface area contributed by atoms with Crippen molar-refractivity contribution in [2.24, 2.45) is 0 Å². The van der Waals surface area contributed by atoms with E-state index in [9.17, 15) is 4.39 Å². The second kappa shape index (κ2) is 4.82. The number of nitrogens with zero attached hydrogens (tertiary/aromatic N) is 2. The van der Waals surface area contributed by atoms with E-state index in [2.05, 4.69) is 25.5 Å². The molecule has 106 valence electrons. The molecular formula is C16H11BrClFN2. The zero-order valence-corrected chi connectivity index (χ0v) is 13.3. The lowest BCUT2D eigenvalue weighted by Crippen LogP contribution is -2.06. The molecule has 1 aromatic heterocycles. The lowest BCUT2D eigenvalue weighted by molar-refractivity contribution is 0.620. The van der Waals surface area contributed by atoms with Crippen LogP contribution in [0, 0.1) is 5.82 Å². The fourth-order valence-corrected chi connectivity index (χ4v) is 3.69. The monoisotopic (exact) mass is 364 g/mol. The highest BCUT2D eigenvalue weighted by molar-refractivity contribution is 9.10. The van der Waals surface area contributed by atoms with Crippen molar-refractivity contribution in [3.05, 3.63) is 63.1 Å².